The number of amides is 1. The van der Waals surface area contributed by atoms with Gasteiger partial charge >= 0.3 is 0 Å². The minimum absolute atomic E-state index is 0.0465. The number of carbonyl (C=O) groups excluding carboxylic acids is 1. The number of hydrogen-bond donors (Lipinski definition) is 0. The standard InChI is InChI=1S/C11H21NO3/c1-11(4-6-15-7-5-11)9-12(2)10(13)8-14-3/h4-9H2,1-3H3. The van der Waals surface area contributed by atoms with Gasteiger partial charge in [0.1, 0.15) is 6.61 Å². The fourth-order valence-corrected chi connectivity index (χ4v) is 1.92. The molecular weight excluding hydrogens is 194 g/mol. The van der Waals surface area contributed by atoms with Gasteiger partial charge in [0.05, 0.1) is 0 Å². The number of hydrogen-bond acceptors (Lipinski definition) is 3. The van der Waals surface area contributed by atoms with Crippen molar-refractivity contribution < 1.29 is 14.3 Å². The second-order valence-electron chi connectivity index (χ2n) is 4.61. The molecule has 0 aromatic heterocycles. The Kier molecular flexibility index (Phi) is 4.54. The number of carbonyl (C=O) groups is 1. The monoisotopic (exact) mass is 215 g/mol. The van der Waals surface area contributed by atoms with Crippen molar-refractivity contribution in [3.05, 3.63) is 0 Å². The van der Waals surface area contributed by atoms with Crippen molar-refractivity contribution in [2.75, 3.05) is 40.5 Å². The molecule has 1 amide bonds. The molecule has 0 aliphatic carbocycles. The van der Waals surface area contributed by atoms with Crippen LogP contribution in [-0.2, 0) is 14.3 Å². The SMILES string of the molecule is COCC(=O)N(C)CC1(C)CCOCC1. The molecule has 0 saturated carbocycles. The summed E-state index contributed by atoms with van der Waals surface area (Å²) in [4.78, 5) is 13.3. The second kappa shape index (κ2) is 5.47. The van der Waals surface area contributed by atoms with E-state index in [1.165, 1.54) is 0 Å². The molecule has 0 aromatic rings. The highest BCUT2D eigenvalue weighted by Crippen LogP contribution is 2.30. The van der Waals surface area contributed by atoms with Gasteiger partial charge in [-0.15, -0.1) is 0 Å². The predicted octanol–water partition coefficient (Wildman–Crippen LogP) is 0.908. The second-order valence-corrected chi connectivity index (χ2v) is 4.61. The minimum atomic E-state index is 0.0465. The first-order valence-corrected chi connectivity index (χ1v) is 5.38. The van der Waals surface area contributed by atoms with Crippen molar-refractivity contribution >= 4 is 5.91 Å². The zero-order valence-corrected chi connectivity index (χ0v) is 9.91. The summed E-state index contributed by atoms with van der Waals surface area (Å²) in [6.07, 6.45) is 2.05. The highest BCUT2D eigenvalue weighted by Gasteiger charge is 2.29. The third-order valence-electron chi connectivity index (χ3n) is 3.01. The quantitative estimate of drug-likeness (QED) is 0.699. The molecule has 1 fully saturated rings. The molecule has 0 unspecified atom stereocenters. The number of nitrogens with zero attached hydrogens (tertiary/aromatic N) is 1. The smallest absolute Gasteiger partial charge is 0.248 e. The number of likely N-dealkylation sites (N-methyl/N-ethyl adjacent to an activating group) is 1. The molecule has 1 heterocycles. The Balaban J connectivity index is 2.41. The average Bonchev–Trinajstić information content (AvgIpc) is 2.18. The predicted molar refractivity (Wildman–Crippen MR) is 57.7 cm³/mol. The summed E-state index contributed by atoms with van der Waals surface area (Å²) < 4.78 is 10.2. The van der Waals surface area contributed by atoms with Crippen LogP contribution in [0.15, 0.2) is 0 Å². The molecule has 0 N–H and O–H groups in total. The van der Waals surface area contributed by atoms with Crippen molar-refractivity contribution in [2.45, 2.75) is 19.8 Å². The first kappa shape index (κ1) is 12.5. The Morgan fingerprint density at radius 1 is 1.47 bits per heavy atom. The van der Waals surface area contributed by atoms with Crippen molar-refractivity contribution in [1.29, 1.82) is 0 Å². The van der Waals surface area contributed by atoms with Crippen LogP contribution >= 0.6 is 0 Å². The normalized spacial score (nSPS) is 19.9. The van der Waals surface area contributed by atoms with Gasteiger partial charge in [-0.1, -0.05) is 6.92 Å². The van der Waals surface area contributed by atoms with Gasteiger partial charge in [0.2, 0.25) is 5.91 Å². The van der Waals surface area contributed by atoms with E-state index in [4.69, 9.17) is 9.47 Å². The van der Waals surface area contributed by atoms with Gasteiger partial charge in [-0.2, -0.15) is 0 Å². The van der Waals surface area contributed by atoms with E-state index >= 15 is 0 Å². The van der Waals surface area contributed by atoms with Gasteiger partial charge < -0.3 is 14.4 Å². The van der Waals surface area contributed by atoms with E-state index in [2.05, 4.69) is 6.92 Å². The van der Waals surface area contributed by atoms with E-state index in [1.807, 2.05) is 7.05 Å². The Labute approximate surface area is 91.5 Å². The topological polar surface area (TPSA) is 38.8 Å². The lowest BCUT2D eigenvalue weighted by molar-refractivity contribution is -0.136. The van der Waals surface area contributed by atoms with Gasteiger partial charge in [0.15, 0.2) is 0 Å². The third kappa shape index (κ3) is 3.80. The number of ether oxygens (including phenoxy) is 2. The molecule has 15 heavy (non-hydrogen) atoms. The number of methoxy groups -OCH3 is 1. The van der Waals surface area contributed by atoms with E-state index in [0.717, 1.165) is 32.6 Å². The van der Waals surface area contributed by atoms with Crippen LogP contribution in [-0.4, -0.2) is 51.3 Å². The lowest BCUT2D eigenvalue weighted by Gasteiger charge is -2.36. The summed E-state index contributed by atoms with van der Waals surface area (Å²) in [6, 6.07) is 0. The fourth-order valence-electron chi connectivity index (χ4n) is 1.92. The zero-order valence-electron chi connectivity index (χ0n) is 9.91. The van der Waals surface area contributed by atoms with Crippen molar-refractivity contribution in [1.82, 2.24) is 4.90 Å². The average molecular weight is 215 g/mol. The van der Waals surface area contributed by atoms with Gasteiger partial charge in [-0.05, 0) is 18.3 Å². The van der Waals surface area contributed by atoms with Gasteiger partial charge in [-0.3, -0.25) is 4.79 Å². The first-order chi connectivity index (χ1) is 7.07. The Hall–Kier alpha value is -0.610. The molecule has 88 valence electrons. The molecule has 4 heteroatoms. The van der Waals surface area contributed by atoms with Crippen molar-refractivity contribution in [3.8, 4) is 0 Å². The third-order valence-corrected chi connectivity index (χ3v) is 3.01. The molecule has 0 spiro atoms. The number of rotatable bonds is 4. The zero-order chi connectivity index (χ0) is 11.3. The molecule has 0 bridgehead atoms. The van der Waals surface area contributed by atoms with Crippen LogP contribution in [0.25, 0.3) is 0 Å². The Morgan fingerprint density at radius 3 is 2.60 bits per heavy atom. The van der Waals surface area contributed by atoms with Crippen LogP contribution in [0.3, 0.4) is 0 Å². The fraction of sp³-hybridized carbons (Fsp3) is 0.909. The van der Waals surface area contributed by atoms with E-state index in [0.29, 0.717) is 0 Å². The highest BCUT2D eigenvalue weighted by molar-refractivity contribution is 5.77. The van der Waals surface area contributed by atoms with Crippen LogP contribution in [0, 0.1) is 5.41 Å². The molecule has 4 nitrogen and oxygen atoms in total. The van der Waals surface area contributed by atoms with Crippen LogP contribution in [0.4, 0.5) is 0 Å². The summed E-state index contributed by atoms with van der Waals surface area (Å²) in [5.41, 5.74) is 0.205. The van der Waals surface area contributed by atoms with E-state index in [9.17, 15) is 4.79 Å². The Bertz CT molecular complexity index is 212. The maximum atomic E-state index is 11.5. The lowest BCUT2D eigenvalue weighted by atomic mass is 9.82. The molecule has 1 aliphatic rings. The Morgan fingerprint density at radius 2 is 2.07 bits per heavy atom. The molecular formula is C11H21NO3. The first-order valence-electron chi connectivity index (χ1n) is 5.38. The molecule has 1 aliphatic heterocycles. The molecule has 0 radical (unpaired) electrons. The lowest BCUT2D eigenvalue weighted by Crippen LogP contribution is -2.41. The summed E-state index contributed by atoms with van der Waals surface area (Å²) in [5.74, 6) is 0.0465. The molecule has 0 atom stereocenters. The minimum Gasteiger partial charge on any atom is -0.381 e. The largest absolute Gasteiger partial charge is 0.381 e. The summed E-state index contributed by atoms with van der Waals surface area (Å²) in [6.45, 7) is 4.79. The van der Waals surface area contributed by atoms with Crippen LogP contribution in [0.2, 0.25) is 0 Å². The molecule has 1 saturated heterocycles. The summed E-state index contributed by atoms with van der Waals surface area (Å²) in [5, 5.41) is 0. The van der Waals surface area contributed by atoms with Crippen molar-refractivity contribution in [2.24, 2.45) is 5.41 Å². The van der Waals surface area contributed by atoms with Gasteiger partial charge in [0, 0.05) is 33.9 Å². The van der Waals surface area contributed by atoms with Crippen molar-refractivity contribution in [3.63, 3.8) is 0 Å². The van der Waals surface area contributed by atoms with Gasteiger partial charge in [-0.25, -0.2) is 0 Å². The molecule has 1 rings (SSSR count). The maximum Gasteiger partial charge on any atom is 0.248 e. The van der Waals surface area contributed by atoms with E-state index in [-0.39, 0.29) is 17.9 Å². The van der Waals surface area contributed by atoms with Crippen LogP contribution in [0.1, 0.15) is 19.8 Å². The highest BCUT2D eigenvalue weighted by atomic mass is 16.5. The molecule has 0 aromatic carbocycles. The van der Waals surface area contributed by atoms with Crippen LogP contribution in [0.5, 0.6) is 0 Å². The van der Waals surface area contributed by atoms with Gasteiger partial charge in [0.25, 0.3) is 0 Å². The van der Waals surface area contributed by atoms with E-state index in [1.54, 1.807) is 12.0 Å². The summed E-state index contributed by atoms with van der Waals surface area (Å²) >= 11 is 0. The maximum absolute atomic E-state index is 11.5. The van der Waals surface area contributed by atoms with Crippen LogP contribution < -0.4 is 0 Å². The van der Waals surface area contributed by atoms with E-state index < -0.39 is 0 Å². The summed E-state index contributed by atoms with van der Waals surface area (Å²) in [7, 11) is 3.38.